The number of nitrogens with zero attached hydrogens (tertiary/aromatic N) is 2. The quantitative estimate of drug-likeness (QED) is 0.506. The van der Waals surface area contributed by atoms with E-state index < -0.39 is 64.6 Å². The number of benzene rings is 1. The predicted octanol–water partition coefficient (Wildman–Crippen LogP) is 0.680. The number of anilines is 1. The number of barbiturate groups is 1. The lowest BCUT2D eigenvalue weighted by molar-refractivity contribution is -0.153. The van der Waals surface area contributed by atoms with E-state index in [9.17, 15) is 19.2 Å². The van der Waals surface area contributed by atoms with Crippen LogP contribution in [-0.4, -0.2) is 79.6 Å². The summed E-state index contributed by atoms with van der Waals surface area (Å²) in [5.74, 6) is -4.95. The number of carbonyl (C=O) groups is 4. The van der Waals surface area contributed by atoms with Crippen LogP contribution in [0.25, 0.3) is 0 Å². The van der Waals surface area contributed by atoms with Crippen LogP contribution < -0.4 is 20.9 Å². The van der Waals surface area contributed by atoms with Gasteiger partial charge in [0.25, 0.3) is 5.91 Å². The minimum Gasteiger partial charge on any atom is -0.372 e. The SMILES string of the molecule is C[C@@H]1CN2c3c(cc(C(=O)NC4CCCN(C)C4)c(F)c3F)CC3(C(=O)NC(=O)NC3=O)[C@H]2[C@H](C)O1. The van der Waals surface area contributed by atoms with Crippen molar-refractivity contribution in [3.05, 3.63) is 28.8 Å². The van der Waals surface area contributed by atoms with E-state index in [2.05, 4.69) is 16.0 Å². The van der Waals surface area contributed by atoms with Crippen LogP contribution in [0.1, 0.15) is 42.6 Å². The Kier molecular flexibility index (Phi) is 5.98. The number of morpholine rings is 1. The fraction of sp³-hybridized carbons (Fsp3) is 0.583. The highest BCUT2D eigenvalue weighted by Crippen LogP contribution is 2.48. The third-order valence-corrected chi connectivity index (χ3v) is 7.67. The van der Waals surface area contributed by atoms with E-state index in [0.717, 1.165) is 13.0 Å². The summed E-state index contributed by atoms with van der Waals surface area (Å²) in [4.78, 5) is 54.8. The first-order valence-corrected chi connectivity index (χ1v) is 12.1. The van der Waals surface area contributed by atoms with E-state index in [1.54, 1.807) is 13.8 Å². The van der Waals surface area contributed by atoms with Crippen LogP contribution in [0.4, 0.5) is 19.3 Å². The van der Waals surface area contributed by atoms with Crippen LogP contribution >= 0.6 is 0 Å². The molecule has 10 nitrogen and oxygen atoms in total. The average molecular weight is 506 g/mol. The highest BCUT2D eigenvalue weighted by molar-refractivity contribution is 6.20. The molecule has 4 atom stereocenters. The molecule has 194 valence electrons. The maximum Gasteiger partial charge on any atom is 0.328 e. The summed E-state index contributed by atoms with van der Waals surface area (Å²) in [7, 11) is 1.92. The molecule has 4 aliphatic heterocycles. The number of piperidine rings is 1. The van der Waals surface area contributed by atoms with Gasteiger partial charge in [-0.3, -0.25) is 25.0 Å². The number of hydrogen-bond donors (Lipinski definition) is 3. The number of halogens is 2. The second kappa shape index (κ2) is 8.77. The molecule has 3 saturated heterocycles. The van der Waals surface area contributed by atoms with Gasteiger partial charge in [0.15, 0.2) is 17.0 Å². The van der Waals surface area contributed by atoms with Crippen LogP contribution in [0.5, 0.6) is 0 Å². The summed E-state index contributed by atoms with van der Waals surface area (Å²) in [6.45, 7) is 4.95. The van der Waals surface area contributed by atoms with E-state index in [1.807, 2.05) is 11.9 Å². The molecule has 0 saturated carbocycles. The van der Waals surface area contributed by atoms with Crippen molar-refractivity contribution in [2.45, 2.75) is 57.4 Å². The molecule has 1 spiro atoms. The van der Waals surface area contributed by atoms with Gasteiger partial charge < -0.3 is 19.9 Å². The number of fused-ring (bicyclic) bond motifs is 4. The average Bonchev–Trinajstić information content (AvgIpc) is 2.79. The topological polar surface area (TPSA) is 120 Å². The number of carbonyl (C=O) groups excluding carboxylic acids is 4. The molecule has 0 aromatic heterocycles. The highest BCUT2D eigenvalue weighted by Gasteiger charge is 2.63. The number of urea groups is 1. The molecule has 5 amide bonds. The van der Waals surface area contributed by atoms with E-state index in [1.165, 1.54) is 11.0 Å². The van der Waals surface area contributed by atoms with Gasteiger partial charge in [0.2, 0.25) is 11.8 Å². The van der Waals surface area contributed by atoms with Crippen LogP contribution in [0.2, 0.25) is 0 Å². The summed E-state index contributed by atoms with van der Waals surface area (Å²) in [5.41, 5.74) is -2.30. The number of likely N-dealkylation sites (tertiary alicyclic amines) is 1. The fourth-order valence-electron chi connectivity index (χ4n) is 6.25. The van der Waals surface area contributed by atoms with Gasteiger partial charge >= 0.3 is 6.03 Å². The molecule has 0 bridgehead atoms. The van der Waals surface area contributed by atoms with Crippen LogP contribution in [-0.2, 0) is 20.7 Å². The zero-order valence-electron chi connectivity index (χ0n) is 20.3. The van der Waals surface area contributed by atoms with Gasteiger partial charge in [-0.15, -0.1) is 0 Å². The number of rotatable bonds is 2. The van der Waals surface area contributed by atoms with E-state index in [0.29, 0.717) is 13.0 Å². The lowest BCUT2D eigenvalue weighted by Crippen LogP contribution is -2.75. The maximum atomic E-state index is 15.7. The van der Waals surface area contributed by atoms with Crippen molar-refractivity contribution >= 4 is 29.4 Å². The van der Waals surface area contributed by atoms with Crippen molar-refractivity contribution in [2.75, 3.05) is 31.6 Å². The molecule has 3 fully saturated rings. The van der Waals surface area contributed by atoms with E-state index >= 15 is 8.78 Å². The Bertz CT molecular complexity index is 1140. The molecule has 36 heavy (non-hydrogen) atoms. The molecule has 1 unspecified atom stereocenters. The molecule has 0 aliphatic carbocycles. The van der Waals surface area contributed by atoms with Crippen LogP contribution in [0, 0.1) is 17.0 Å². The molecule has 5 rings (SSSR count). The Hall–Kier alpha value is -3.12. The number of ether oxygens (including phenoxy) is 1. The first-order valence-electron chi connectivity index (χ1n) is 12.1. The number of nitrogens with one attached hydrogen (secondary N) is 3. The number of amides is 5. The smallest absolute Gasteiger partial charge is 0.328 e. The van der Waals surface area contributed by atoms with E-state index in [4.69, 9.17) is 4.74 Å². The summed E-state index contributed by atoms with van der Waals surface area (Å²) < 4.78 is 36.9. The zero-order valence-corrected chi connectivity index (χ0v) is 20.3. The van der Waals surface area contributed by atoms with Crippen molar-refractivity contribution in [3.63, 3.8) is 0 Å². The van der Waals surface area contributed by atoms with Gasteiger partial charge in [-0.25, -0.2) is 13.6 Å². The molecular formula is C24H29F2N5O5. The second-order valence-electron chi connectivity index (χ2n) is 10.3. The van der Waals surface area contributed by atoms with Crippen molar-refractivity contribution in [3.8, 4) is 0 Å². The Balaban J connectivity index is 1.60. The Labute approximate surface area is 206 Å². The Morgan fingerprint density at radius 3 is 2.50 bits per heavy atom. The van der Waals surface area contributed by atoms with Gasteiger partial charge in [0.05, 0.1) is 29.5 Å². The summed E-state index contributed by atoms with van der Waals surface area (Å²) in [6.07, 6.45) is 0.112. The third-order valence-electron chi connectivity index (χ3n) is 7.67. The minimum absolute atomic E-state index is 0.0780. The number of hydrogen-bond acceptors (Lipinski definition) is 7. The molecule has 3 N–H and O–H groups in total. The Morgan fingerprint density at radius 1 is 1.14 bits per heavy atom. The lowest BCUT2D eigenvalue weighted by atomic mass is 9.66. The summed E-state index contributed by atoms with van der Waals surface area (Å²) in [5, 5.41) is 7.07. The monoisotopic (exact) mass is 505 g/mol. The first-order chi connectivity index (χ1) is 17.0. The second-order valence-corrected chi connectivity index (χ2v) is 10.3. The molecule has 4 aliphatic rings. The zero-order chi connectivity index (χ0) is 25.9. The molecule has 1 aromatic carbocycles. The van der Waals surface area contributed by atoms with Crippen LogP contribution in [0.3, 0.4) is 0 Å². The minimum atomic E-state index is -1.84. The van der Waals surface area contributed by atoms with Crippen molar-refractivity contribution < 1.29 is 32.7 Å². The molecule has 4 heterocycles. The standard InChI is InChI=1S/C24H29F2N5O5/c1-11-9-31-18-13(8-24(19(31)12(2)36-11)21(33)28-23(35)29-22(24)34)7-15(16(25)17(18)26)20(32)27-14-5-4-6-30(3)10-14/h7,11-12,14,19H,4-6,8-10H2,1-3H3,(H,27,32)(H2,28,29,33,34,35)/t11-,12+,14?,19-/m1/s1. The number of imide groups is 2. The van der Waals surface area contributed by atoms with Crippen molar-refractivity contribution in [1.29, 1.82) is 0 Å². The predicted molar refractivity (Wildman–Crippen MR) is 123 cm³/mol. The van der Waals surface area contributed by atoms with Gasteiger partial charge in [-0.2, -0.15) is 0 Å². The lowest BCUT2D eigenvalue weighted by Gasteiger charge is -2.55. The van der Waals surface area contributed by atoms with Gasteiger partial charge in [0, 0.05) is 25.6 Å². The third kappa shape index (κ3) is 3.74. The van der Waals surface area contributed by atoms with Gasteiger partial charge in [-0.05, 0) is 51.9 Å². The normalized spacial score (nSPS) is 29.8. The van der Waals surface area contributed by atoms with Crippen LogP contribution in [0.15, 0.2) is 6.07 Å². The highest BCUT2D eigenvalue weighted by atomic mass is 19.2. The summed E-state index contributed by atoms with van der Waals surface area (Å²) >= 11 is 0. The molecule has 12 heteroatoms. The Morgan fingerprint density at radius 2 is 1.83 bits per heavy atom. The van der Waals surface area contributed by atoms with Crippen molar-refractivity contribution in [2.24, 2.45) is 5.41 Å². The molecule has 0 radical (unpaired) electrons. The number of likely N-dealkylation sites (N-methyl/N-ethyl adjacent to an activating group) is 1. The molecular weight excluding hydrogens is 476 g/mol. The van der Waals surface area contributed by atoms with E-state index in [-0.39, 0.29) is 30.3 Å². The maximum absolute atomic E-state index is 15.7. The summed E-state index contributed by atoms with van der Waals surface area (Å²) in [6, 6.07) is -0.948. The fourth-order valence-corrected chi connectivity index (χ4v) is 6.25. The first kappa shape index (κ1) is 24.6. The largest absolute Gasteiger partial charge is 0.372 e. The molecule has 1 aromatic rings. The van der Waals surface area contributed by atoms with Gasteiger partial charge in [-0.1, -0.05) is 0 Å². The van der Waals surface area contributed by atoms with Crippen molar-refractivity contribution in [1.82, 2.24) is 20.9 Å². The van der Waals surface area contributed by atoms with Gasteiger partial charge in [0.1, 0.15) is 0 Å².